The molecule has 2 amide bonds. The van der Waals surface area contributed by atoms with Gasteiger partial charge < -0.3 is 16.8 Å². The summed E-state index contributed by atoms with van der Waals surface area (Å²) in [6, 6.07) is 4.42. The minimum absolute atomic E-state index is 0.117. The van der Waals surface area contributed by atoms with E-state index in [1.807, 2.05) is 13.8 Å². The number of anilines is 1. The molecule has 2 unspecified atom stereocenters. The van der Waals surface area contributed by atoms with Crippen LogP contribution in [0, 0.1) is 12.8 Å². The molecule has 1 aromatic carbocycles. The molecule has 0 aliphatic carbocycles. The van der Waals surface area contributed by atoms with Gasteiger partial charge in [0.15, 0.2) is 0 Å². The second kappa shape index (κ2) is 6.33. The number of aryl methyl sites for hydroxylation is 1. The lowest BCUT2D eigenvalue weighted by Gasteiger charge is -2.18. The Labute approximate surface area is 113 Å². The van der Waals surface area contributed by atoms with Gasteiger partial charge in [-0.25, -0.2) is 0 Å². The van der Waals surface area contributed by atoms with Crippen LogP contribution in [0.2, 0.25) is 0 Å². The van der Waals surface area contributed by atoms with Crippen molar-refractivity contribution in [1.29, 1.82) is 0 Å². The van der Waals surface area contributed by atoms with Gasteiger partial charge in [-0.15, -0.1) is 0 Å². The second-order valence-electron chi connectivity index (χ2n) is 4.79. The lowest BCUT2D eigenvalue weighted by molar-refractivity contribution is -0.118. The molecule has 0 bridgehead atoms. The number of hydrogen-bond donors (Lipinski definition) is 3. The molecule has 19 heavy (non-hydrogen) atoms. The number of rotatable bonds is 5. The van der Waals surface area contributed by atoms with Crippen LogP contribution >= 0.6 is 0 Å². The first-order valence-electron chi connectivity index (χ1n) is 6.33. The molecule has 1 rings (SSSR count). The van der Waals surface area contributed by atoms with Crippen LogP contribution in [0.4, 0.5) is 5.69 Å². The van der Waals surface area contributed by atoms with Crippen molar-refractivity contribution in [3.8, 4) is 0 Å². The first-order chi connectivity index (χ1) is 8.86. The van der Waals surface area contributed by atoms with Gasteiger partial charge in [0.05, 0.1) is 6.04 Å². The fraction of sp³-hybridized carbons (Fsp3) is 0.429. The zero-order chi connectivity index (χ0) is 14.6. The Hall–Kier alpha value is -1.88. The molecule has 104 valence electrons. The van der Waals surface area contributed by atoms with E-state index in [0.717, 1.165) is 12.0 Å². The molecule has 0 heterocycles. The van der Waals surface area contributed by atoms with Crippen molar-refractivity contribution >= 4 is 17.5 Å². The van der Waals surface area contributed by atoms with Crippen LogP contribution in [0.25, 0.3) is 0 Å². The topological polar surface area (TPSA) is 98.2 Å². The molecule has 0 spiro atoms. The maximum atomic E-state index is 11.9. The summed E-state index contributed by atoms with van der Waals surface area (Å²) in [5.41, 5.74) is 12.9. The molecular weight excluding hydrogens is 242 g/mol. The maximum Gasteiger partial charge on any atom is 0.248 e. The molecule has 0 saturated carbocycles. The number of nitrogens with one attached hydrogen (secondary N) is 1. The third-order valence-electron chi connectivity index (χ3n) is 3.32. The number of nitrogens with two attached hydrogens (primary N) is 2. The largest absolute Gasteiger partial charge is 0.366 e. The molecule has 0 aliphatic rings. The summed E-state index contributed by atoms with van der Waals surface area (Å²) in [5.74, 6) is -0.585. The average Bonchev–Trinajstić information content (AvgIpc) is 2.36. The van der Waals surface area contributed by atoms with Crippen LogP contribution in [0.5, 0.6) is 0 Å². The van der Waals surface area contributed by atoms with Gasteiger partial charge in [-0.2, -0.15) is 0 Å². The Morgan fingerprint density at radius 1 is 1.37 bits per heavy atom. The highest BCUT2D eigenvalue weighted by molar-refractivity contribution is 5.97. The second-order valence-corrected chi connectivity index (χ2v) is 4.79. The monoisotopic (exact) mass is 263 g/mol. The van der Waals surface area contributed by atoms with Crippen LogP contribution < -0.4 is 16.8 Å². The molecule has 0 radical (unpaired) electrons. The van der Waals surface area contributed by atoms with Gasteiger partial charge in [-0.05, 0) is 36.6 Å². The summed E-state index contributed by atoms with van der Waals surface area (Å²) in [6.45, 7) is 5.69. The lowest BCUT2D eigenvalue weighted by Crippen LogP contribution is -2.40. The third-order valence-corrected chi connectivity index (χ3v) is 3.32. The Balaban J connectivity index is 2.81. The van der Waals surface area contributed by atoms with E-state index < -0.39 is 11.9 Å². The Morgan fingerprint density at radius 3 is 2.47 bits per heavy atom. The van der Waals surface area contributed by atoms with Crippen LogP contribution in [-0.2, 0) is 4.79 Å². The summed E-state index contributed by atoms with van der Waals surface area (Å²) in [5, 5.41) is 2.75. The summed E-state index contributed by atoms with van der Waals surface area (Å²) in [7, 11) is 0. The third kappa shape index (κ3) is 3.79. The molecule has 0 fully saturated rings. The van der Waals surface area contributed by atoms with Gasteiger partial charge in [0.25, 0.3) is 0 Å². The lowest BCUT2D eigenvalue weighted by atomic mass is 9.99. The molecule has 2 atom stereocenters. The van der Waals surface area contributed by atoms with E-state index >= 15 is 0 Å². The number of carbonyl (C=O) groups excluding carboxylic acids is 2. The quantitative estimate of drug-likeness (QED) is 0.749. The SMILES string of the molecule is CCC(C)C(N)C(=O)Nc1ccc(C(N)=O)c(C)c1. The van der Waals surface area contributed by atoms with Crippen molar-refractivity contribution in [1.82, 2.24) is 0 Å². The molecule has 5 N–H and O–H groups in total. The van der Waals surface area contributed by atoms with E-state index in [0.29, 0.717) is 11.3 Å². The number of carbonyl (C=O) groups is 2. The van der Waals surface area contributed by atoms with Gasteiger partial charge in [-0.3, -0.25) is 9.59 Å². The predicted molar refractivity (Wildman–Crippen MR) is 75.8 cm³/mol. The highest BCUT2D eigenvalue weighted by atomic mass is 16.2. The molecule has 0 aliphatic heterocycles. The zero-order valence-corrected chi connectivity index (χ0v) is 11.6. The van der Waals surface area contributed by atoms with Gasteiger partial charge in [0.2, 0.25) is 11.8 Å². The minimum atomic E-state index is -0.541. The number of benzene rings is 1. The maximum absolute atomic E-state index is 11.9. The van der Waals surface area contributed by atoms with Crippen LogP contribution in [0.1, 0.15) is 36.2 Å². The van der Waals surface area contributed by atoms with E-state index in [1.54, 1.807) is 25.1 Å². The normalized spacial score (nSPS) is 13.7. The Morgan fingerprint density at radius 2 is 2.00 bits per heavy atom. The fourth-order valence-corrected chi connectivity index (χ4v) is 1.76. The molecule has 1 aromatic rings. The first kappa shape index (κ1) is 15.2. The van der Waals surface area contributed by atoms with Crippen LogP contribution in [-0.4, -0.2) is 17.9 Å². The van der Waals surface area contributed by atoms with Crippen molar-refractivity contribution in [2.24, 2.45) is 17.4 Å². The van der Waals surface area contributed by atoms with Gasteiger partial charge in [0, 0.05) is 11.3 Å². The summed E-state index contributed by atoms with van der Waals surface area (Å²) in [6.07, 6.45) is 0.841. The van der Waals surface area contributed by atoms with Crippen LogP contribution in [0.3, 0.4) is 0 Å². The zero-order valence-electron chi connectivity index (χ0n) is 11.6. The summed E-state index contributed by atoms with van der Waals surface area (Å²) < 4.78 is 0. The highest BCUT2D eigenvalue weighted by Gasteiger charge is 2.19. The first-order valence-corrected chi connectivity index (χ1v) is 6.33. The van der Waals surface area contributed by atoms with Crippen molar-refractivity contribution in [3.05, 3.63) is 29.3 Å². The van der Waals surface area contributed by atoms with Crippen molar-refractivity contribution < 1.29 is 9.59 Å². The van der Waals surface area contributed by atoms with Gasteiger partial charge in [-0.1, -0.05) is 20.3 Å². The number of hydrogen-bond acceptors (Lipinski definition) is 3. The molecular formula is C14H21N3O2. The molecule has 5 nitrogen and oxygen atoms in total. The molecule has 5 heteroatoms. The van der Waals surface area contributed by atoms with Crippen molar-refractivity contribution in [3.63, 3.8) is 0 Å². The van der Waals surface area contributed by atoms with Gasteiger partial charge >= 0.3 is 0 Å². The number of primary amides is 1. The Bertz CT molecular complexity index is 486. The van der Waals surface area contributed by atoms with Gasteiger partial charge in [0.1, 0.15) is 0 Å². The number of amides is 2. The van der Waals surface area contributed by atoms with Crippen molar-refractivity contribution in [2.75, 3.05) is 5.32 Å². The van der Waals surface area contributed by atoms with E-state index in [1.165, 1.54) is 0 Å². The standard InChI is InChI=1S/C14H21N3O2/c1-4-8(2)12(15)14(19)17-10-5-6-11(13(16)18)9(3)7-10/h5-8,12H,4,15H2,1-3H3,(H2,16,18)(H,17,19). The van der Waals surface area contributed by atoms with E-state index in [2.05, 4.69) is 5.32 Å². The Kier molecular flexibility index (Phi) is 5.06. The van der Waals surface area contributed by atoms with Crippen LogP contribution in [0.15, 0.2) is 18.2 Å². The smallest absolute Gasteiger partial charge is 0.248 e. The predicted octanol–water partition coefficient (Wildman–Crippen LogP) is 1.41. The molecule has 0 aromatic heterocycles. The summed E-state index contributed by atoms with van der Waals surface area (Å²) >= 11 is 0. The average molecular weight is 263 g/mol. The minimum Gasteiger partial charge on any atom is -0.366 e. The summed E-state index contributed by atoms with van der Waals surface area (Å²) in [4.78, 5) is 23.0. The fourth-order valence-electron chi connectivity index (χ4n) is 1.76. The van der Waals surface area contributed by atoms with Crippen molar-refractivity contribution in [2.45, 2.75) is 33.2 Å². The van der Waals surface area contributed by atoms with E-state index in [9.17, 15) is 9.59 Å². The van der Waals surface area contributed by atoms with E-state index in [4.69, 9.17) is 11.5 Å². The molecule has 0 saturated heterocycles. The van der Waals surface area contributed by atoms with E-state index in [-0.39, 0.29) is 11.8 Å². The highest BCUT2D eigenvalue weighted by Crippen LogP contribution is 2.16.